The molecule has 0 unspecified atom stereocenters. The van der Waals surface area contributed by atoms with Crippen LogP contribution in [0.15, 0.2) is 42.5 Å². The first-order chi connectivity index (χ1) is 9.22. The Morgan fingerprint density at radius 2 is 2.05 bits per heavy atom. The highest BCUT2D eigenvalue weighted by Crippen LogP contribution is 2.27. The SMILES string of the molecule is COCc1cccc(Oc2ccc(N)cc2C#N)c1. The van der Waals surface area contributed by atoms with Crippen LogP contribution in [0, 0.1) is 11.3 Å². The van der Waals surface area contributed by atoms with Gasteiger partial charge >= 0.3 is 0 Å². The Kier molecular flexibility index (Phi) is 4.01. The molecular weight excluding hydrogens is 240 g/mol. The van der Waals surface area contributed by atoms with Gasteiger partial charge in [0.2, 0.25) is 0 Å². The lowest BCUT2D eigenvalue weighted by molar-refractivity contribution is 0.184. The van der Waals surface area contributed by atoms with E-state index < -0.39 is 0 Å². The lowest BCUT2D eigenvalue weighted by Gasteiger charge is -2.09. The summed E-state index contributed by atoms with van der Waals surface area (Å²) in [6, 6.07) is 14.6. The third kappa shape index (κ3) is 3.24. The molecule has 2 aromatic carbocycles. The van der Waals surface area contributed by atoms with Gasteiger partial charge in [-0.25, -0.2) is 0 Å². The molecule has 0 radical (unpaired) electrons. The first-order valence-corrected chi connectivity index (χ1v) is 5.78. The van der Waals surface area contributed by atoms with Crippen LogP contribution in [0.5, 0.6) is 11.5 Å². The topological polar surface area (TPSA) is 68.3 Å². The van der Waals surface area contributed by atoms with Crippen molar-refractivity contribution in [3.8, 4) is 17.6 Å². The van der Waals surface area contributed by atoms with Gasteiger partial charge in [0.15, 0.2) is 0 Å². The second-order valence-corrected chi connectivity index (χ2v) is 4.05. The lowest BCUT2D eigenvalue weighted by atomic mass is 10.2. The van der Waals surface area contributed by atoms with Gasteiger partial charge in [-0.15, -0.1) is 0 Å². The highest BCUT2D eigenvalue weighted by molar-refractivity contribution is 5.54. The van der Waals surface area contributed by atoms with E-state index in [1.807, 2.05) is 24.3 Å². The minimum absolute atomic E-state index is 0.414. The van der Waals surface area contributed by atoms with E-state index in [1.54, 1.807) is 25.3 Å². The van der Waals surface area contributed by atoms with Crippen LogP contribution in [0.1, 0.15) is 11.1 Å². The van der Waals surface area contributed by atoms with Crippen molar-refractivity contribution < 1.29 is 9.47 Å². The number of benzene rings is 2. The summed E-state index contributed by atoms with van der Waals surface area (Å²) in [4.78, 5) is 0. The third-order valence-corrected chi connectivity index (χ3v) is 2.56. The maximum atomic E-state index is 9.05. The van der Waals surface area contributed by atoms with Gasteiger partial charge in [0.25, 0.3) is 0 Å². The molecule has 0 aliphatic rings. The number of nitrogens with two attached hydrogens (primary N) is 1. The van der Waals surface area contributed by atoms with Crippen molar-refractivity contribution in [2.75, 3.05) is 12.8 Å². The first-order valence-electron chi connectivity index (χ1n) is 5.78. The molecule has 0 atom stereocenters. The molecule has 4 nitrogen and oxygen atoms in total. The Balaban J connectivity index is 2.26. The molecule has 2 N–H and O–H groups in total. The fraction of sp³-hybridized carbons (Fsp3) is 0.133. The summed E-state index contributed by atoms with van der Waals surface area (Å²) in [6.07, 6.45) is 0. The number of nitriles is 1. The smallest absolute Gasteiger partial charge is 0.145 e. The normalized spacial score (nSPS) is 9.89. The summed E-state index contributed by atoms with van der Waals surface area (Å²) >= 11 is 0. The van der Waals surface area contributed by atoms with E-state index >= 15 is 0 Å². The van der Waals surface area contributed by atoms with Crippen LogP contribution in [-0.2, 0) is 11.3 Å². The van der Waals surface area contributed by atoms with Gasteiger partial charge in [-0.1, -0.05) is 12.1 Å². The Labute approximate surface area is 112 Å². The van der Waals surface area contributed by atoms with Gasteiger partial charge in [0.05, 0.1) is 12.2 Å². The molecule has 0 bridgehead atoms. The quantitative estimate of drug-likeness (QED) is 0.851. The zero-order valence-corrected chi connectivity index (χ0v) is 10.6. The van der Waals surface area contributed by atoms with Crippen LogP contribution in [0.25, 0.3) is 0 Å². The van der Waals surface area contributed by atoms with Crippen molar-refractivity contribution in [3.05, 3.63) is 53.6 Å². The first kappa shape index (κ1) is 12.9. The predicted molar refractivity (Wildman–Crippen MR) is 72.8 cm³/mol. The zero-order chi connectivity index (χ0) is 13.7. The van der Waals surface area contributed by atoms with Crippen molar-refractivity contribution in [1.82, 2.24) is 0 Å². The van der Waals surface area contributed by atoms with Crippen molar-refractivity contribution in [2.45, 2.75) is 6.61 Å². The number of hydrogen-bond acceptors (Lipinski definition) is 4. The van der Waals surface area contributed by atoms with E-state index in [4.69, 9.17) is 20.5 Å². The van der Waals surface area contributed by atoms with Gasteiger partial charge in [-0.3, -0.25) is 0 Å². The molecule has 0 heterocycles. The van der Waals surface area contributed by atoms with Crippen molar-refractivity contribution in [2.24, 2.45) is 0 Å². The van der Waals surface area contributed by atoms with Crippen molar-refractivity contribution in [3.63, 3.8) is 0 Å². The fourth-order valence-corrected chi connectivity index (χ4v) is 1.72. The Bertz CT molecular complexity index is 618. The zero-order valence-electron chi connectivity index (χ0n) is 10.6. The van der Waals surface area contributed by atoms with Crippen LogP contribution >= 0.6 is 0 Å². The van der Waals surface area contributed by atoms with Gasteiger partial charge in [-0.2, -0.15) is 5.26 Å². The number of nitrogen functional groups attached to an aromatic ring is 1. The standard InChI is InChI=1S/C15H14N2O2/c1-18-10-11-3-2-4-14(7-11)19-15-6-5-13(17)8-12(15)9-16/h2-8H,10,17H2,1H3. The second-order valence-electron chi connectivity index (χ2n) is 4.05. The summed E-state index contributed by atoms with van der Waals surface area (Å²) in [5.74, 6) is 1.15. The molecule has 0 saturated heterocycles. The molecule has 0 spiro atoms. The van der Waals surface area contributed by atoms with Crippen LogP contribution in [-0.4, -0.2) is 7.11 Å². The summed E-state index contributed by atoms with van der Waals surface area (Å²) < 4.78 is 10.8. The molecule has 2 aromatic rings. The highest BCUT2D eigenvalue weighted by atomic mass is 16.5. The number of methoxy groups -OCH3 is 1. The maximum Gasteiger partial charge on any atom is 0.145 e. The summed E-state index contributed by atoms with van der Waals surface area (Å²) in [6.45, 7) is 0.518. The molecule has 0 aliphatic carbocycles. The van der Waals surface area contributed by atoms with Gasteiger partial charge in [0.1, 0.15) is 17.6 Å². The van der Waals surface area contributed by atoms with E-state index in [9.17, 15) is 0 Å². The molecule has 0 aliphatic heterocycles. The Hall–Kier alpha value is -2.51. The van der Waals surface area contributed by atoms with Gasteiger partial charge in [0, 0.05) is 12.8 Å². The van der Waals surface area contributed by atoms with E-state index in [2.05, 4.69) is 6.07 Å². The predicted octanol–water partition coefficient (Wildman–Crippen LogP) is 3.08. The van der Waals surface area contributed by atoms with Crippen molar-refractivity contribution >= 4 is 5.69 Å². The minimum atomic E-state index is 0.414. The van der Waals surface area contributed by atoms with E-state index in [0.29, 0.717) is 29.4 Å². The third-order valence-electron chi connectivity index (χ3n) is 2.56. The average Bonchev–Trinajstić information content (AvgIpc) is 2.41. The molecule has 2 rings (SSSR count). The molecule has 0 saturated carbocycles. The molecule has 4 heteroatoms. The van der Waals surface area contributed by atoms with Crippen LogP contribution < -0.4 is 10.5 Å². The summed E-state index contributed by atoms with van der Waals surface area (Å²) in [5.41, 5.74) is 7.60. The largest absolute Gasteiger partial charge is 0.456 e. The van der Waals surface area contributed by atoms with Gasteiger partial charge < -0.3 is 15.2 Å². The summed E-state index contributed by atoms with van der Waals surface area (Å²) in [5, 5.41) is 9.05. The molecular formula is C15H14N2O2. The fourth-order valence-electron chi connectivity index (χ4n) is 1.72. The molecule has 0 aromatic heterocycles. The molecule has 0 amide bonds. The maximum absolute atomic E-state index is 9.05. The number of anilines is 1. The number of nitrogens with zero attached hydrogens (tertiary/aromatic N) is 1. The molecule has 0 fully saturated rings. The number of hydrogen-bond donors (Lipinski definition) is 1. The van der Waals surface area contributed by atoms with Crippen LogP contribution in [0.4, 0.5) is 5.69 Å². The van der Waals surface area contributed by atoms with E-state index in [-0.39, 0.29) is 0 Å². The van der Waals surface area contributed by atoms with Gasteiger partial charge in [-0.05, 0) is 35.9 Å². The Morgan fingerprint density at radius 1 is 1.21 bits per heavy atom. The average molecular weight is 254 g/mol. The number of ether oxygens (including phenoxy) is 2. The molecule has 96 valence electrons. The Morgan fingerprint density at radius 3 is 2.79 bits per heavy atom. The lowest BCUT2D eigenvalue weighted by Crippen LogP contribution is -1.93. The minimum Gasteiger partial charge on any atom is -0.456 e. The highest BCUT2D eigenvalue weighted by Gasteiger charge is 2.05. The molecule has 19 heavy (non-hydrogen) atoms. The second kappa shape index (κ2) is 5.89. The monoisotopic (exact) mass is 254 g/mol. The van der Waals surface area contributed by atoms with E-state index in [0.717, 1.165) is 5.56 Å². The van der Waals surface area contributed by atoms with Crippen LogP contribution in [0.3, 0.4) is 0 Å². The summed E-state index contributed by atoms with van der Waals surface area (Å²) in [7, 11) is 1.64. The van der Waals surface area contributed by atoms with E-state index in [1.165, 1.54) is 0 Å². The number of rotatable bonds is 4. The van der Waals surface area contributed by atoms with Crippen LogP contribution in [0.2, 0.25) is 0 Å². The van der Waals surface area contributed by atoms with Crippen molar-refractivity contribution in [1.29, 1.82) is 5.26 Å².